The summed E-state index contributed by atoms with van der Waals surface area (Å²) in [6.07, 6.45) is 1.73. The van der Waals surface area contributed by atoms with E-state index in [1.54, 1.807) is 32.4 Å². The fourth-order valence-corrected chi connectivity index (χ4v) is 3.03. The normalized spacial score (nSPS) is 15.5. The molecule has 2 aromatic rings. The number of nitrogens with zero attached hydrogens (tertiary/aromatic N) is 1. The van der Waals surface area contributed by atoms with Crippen molar-refractivity contribution in [3.05, 3.63) is 58.2 Å². The summed E-state index contributed by atoms with van der Waals surface area (Å²) in [6.45, 7) is 0. The lowest BCUT2D eigenvalue weighted by Crippen LogP contribution is -2.30. The molecule has 0 atom stereocenters. The van der Waals surface area contributed by atoms with Crippen LogP contribution in [0.15, 0.2) is 52.6 Å². The molecule has 0 radical (unpaired) electrons. The molecule has 2 aromatic carbocycles. The summed E-state index contributed by atoms with van der Waals surface area (Å²) in [7, 11) is 3.14. The van der Waals surface area contributed by atoms with Crippen LogP contribution < -0.4 is 19.7 Å². The molecule has 1 amide bonds. The number of hydrogen-bond acceptors (Lipinski definition) is 4. The Morgan fingerprint density at radius 3 is 2.40 bits per heavy atom. The molecule has 1 aliphatic rings. The van der Waals surface area contributed by atoms with Crippen LogP contribution in [-0.2, 0) is 4.79 Å². The summed E-state index contributed by atoms with van der Waals surface area (Å²) in [6, 6.07) is 12.8. The van der Waals surface area contributed by atoms with E-state index in [2.05, 4.69) is 21.2 Å². The minimum Gasteiger partial charge on any atom is -0.493 e. The zero-order valence-electron chi connectivity index (χ0n) is 13.6. The summed E-state index contributed by atoms with van der Waals surface area (Å²) in [5.74, 6) is 1.01. The van der Waals surface area contributed by atoms with Gasteiger partial charge in [-0.05, 0) is 60.3 Å². The Morgan fingerprint density at radius 2 is 1.76 bits per heavy atom. The van der Waals surface area contributed by atoms with Gasteiger partial charge in [0.25, 0.3) is 5.91 Å². The van der Waals surface area contributed by atoms with E-state index in [4.69, 9.17) is 21.7 Å². The minimum atomic E-state index is -0.206. The van der Waals surface area contributed by atoms with Crippen LogP contribution >= 0.6 is 28.1 Å². The zero-order valence-corrected chi connectivity index (χ0v) is 16.0. The van der Waals surface area contributed by atoms with Gasteiger partial charge in [0, 0.05) is 4.47 Å². The first kappa shape index (κ1) is 17.4. The molecule has 0 spiro atoms. The van der Waals surface area contributed by atoms with Crippen LogP contribution in [0.25, 0.3) is 6.08 Å². The summed E-state index contributed by atoms with van der Waals surface area (Å²) in [5.41, 5.74) is 1.91. The number of anilines is 1. The van der Waals surface area contributed by atoms with Crippen LogP contribution in [0.4, 0.5) is 5.69 Å². The van der Waals surface area contributed by atoms with Crippen LogP contribution in [0.2, 0.25) is 0 Å². The molecule has 128 valence electrons. The average molecular weight is 419 g/mol. The Hall–Kier alpha value is -2.38. The summed E-state index contributed by atoms with van der Waals surface area (Å²) >= 11 is 8.69. The van der Waals surface area contributed by atoms with Crippen molar-refractivity contribution < 1.29 is 14.3 Å². The fourth-order valence-electron chi connectivity index (χ4n) is 2.47. The number of amides is 1. The standard InChI is InChI=1S/C18H15BrN2O3S/c1-23-15-8-3-11(10-16(15)24-2)9-14-17(22)21(18(25)20-14)13-6-4-12(19)5-7-13/h3-10H,1-2H3,(H,20,25)/b14-9+. The van der Waals surface area contributed by atoms with E-state index < -0.39 is 0 Å². The second kappa shape index (κ2) is 7.25. The first-order valence-corrected chi connectivity index (χ1v) is 8.58. The van der Waals surface area contributed by atoms with Crippen molar-refractivity contribution in [3.63, 3.8) is 0 Å². The van der Waals surface area contributed by atoms with Crippen LogP contribution in [0, 0.1) is 0 Å². The number of carbonyl (C=O) groups excluding carboxylic acids is 1. The fraction of sp³-hybridized carbons (Fsp3) is 0.111. The molecule has 1 heterocycles. The molecule has 0 aromatic heterocycles. The number of methoxy groups -OCH3 is 2. The van der Waals surface area contributed by atoms with Crippen LogP contribution in [-0.4, -0.2) is 25.2 Å². The molecular weight excluding hydrogens is 404 g/mol. The van der Waals surface area contributed by atoms with Gasteiger partial charge < -0.3 is 14.8 Å². The van der Waals surface area contributed by atoms with E-state index in [0.29, 0.717) is 28.0 Å². The number of carbonyl (C=O) groups is 1. The molecular formula is C18H15BrN2O3S. The van der Waals surface area contributed by atoms with Gasteiger partial charge in [0.1, 0.15) is 5.70 Å². The maximum atomic E-state index is 12.7. The van der Waals surface area contributed by atoms with E-state index in [1.165, 1.54) is 4.90 Å². The smallest absolute Gasteiger partial charge is 0.281 e. The van der Waals surface area contributed by atoms with E-state index in [1.807, 2.05) is 30.3 Å². The van der Waals surface area contributed by atoms with Crippen LogP contribution in [0.3, 0.4) is 0 Å². The third-order valence-electron chi connectivity index (χ3n) is 3.68. The molecule has 5 nitrogen and oxygen atoms in total. The Bertz CT molecular complexity index is 865. The molecule has 0 bridgehead atoms. The second-order valence-electron chi connectivity index (χ2n) is 5.22. The number of nitrogens with one attached hydrogen (secondary N) is 1. The van der Waals surface area contributed by atoms with Gasteiger partial charge in [0.05, 0.1) is 19.9 Å². The van der Waals surface area contributed by atoms with Crippen molar-refractivity contribution in [2.45, 2.75) is 0 Å². The molecule has 0 saturated carbocycles. The van der Waals surface area contributed by atoms with Gasteiger partial charge in [-0.3, -0.25) is 9.69 Å². The van der Waals surface area contributed by atoms with Crippen LogP contribution in [0.1, 0.15) is 5.56 Å². The maximum absolute atomic E-state index is 12.7. The van der Waals surface area contributed by atoms with Crippen LogP contribution in [0.5, 0.6) is 11.5 Å². The highest BCUT2D eigenvalue weighted by Crippen LogP contribution is 2.29. The molecule has 1 fully saturated rings. The van der Waals surface area contributed by atoms with Crippen molar-refractivity contribution in [1.29, 1.82) is 0 Å². The Morgan fingerprint density at radius 1 is 1.08 bits per heavy atom. The Balaban J connectivity index is 1.91. The lowest BCUT2D eigenvalue weighted by Gasteiger charge is -2.13. The topological polar surface area (TPSA) is 50.8 Å². The SMILES string of the molecule is COc1ccc(/C=C2/NC(=S)N(c3ccc(Br)cc3)C2=O)cc1OC. The molecule has 7 heteroatoms. The number of ether oxygens (including phenoxy) is 2. The second-order valence-corrected chi connectivity index (χ2v) is 6.52. The average Bonchev–Trinajstić information content (AvgIpc) is 2.89. The van der Waals surface area contributed by atoms with Crippen molar-refractivity contribution in [1.82, 2.24) is 5.32 Å². The molecule has 25 heavy (non-hydrogen) atoms. The predicted octanol–water partition coefficient (Wildman–Crippen LogP) is 3.73. The molecule has 1 saturated heterocycles. The summed E-state index contributed by atoms with van der Waals surface area (Å²) < 4.78 is 11.4. The molecule has 0 aliphatic carbocycles. The van der Waals surface area contributed by atoms with Gasteiger partial charge in [-0.15, -0.1) is 0 Å². The molecule has 0 unspecified atom stereocenters. The Labute approximate surface area is 159 Å². The van der Waals surface area contributed by atoms with E-state index in [0.717, 1.165) is 10.0 Å². The van der Waals surface area contributed by atoms with Gasteiger partial charge in [-0.25, -0.2) is 0 Å². The number of benzene rings is 2. The largest absolute Gasteiger partial charge is 0.493 e. The van der Waals surface area contributed by atoms with Crippen molar-refractivity contribution in [3.8, 4) is 11.5 Å². The Kier molecular flexibility index (Phi) is 5.06. The minimum absolute atomic E-state index is 0.206. The maximum Gasteiger partial charge on any atom is 0.281 e. The van der Waals surface area contributed by atoms with Gasteiger partial charge in [0.15, 0.2) is 16.6 Å². The number of thiocarbonyl (C=S) groups is 1. The lowest BCUT2D eigenvalue weighted by atomic mass is 10.1. The number of halogens is 1. The highest BCUT2D eigenvalue weighted by molar-refractivity contribution is 9.10. The highest BCUT2D eigenvalue weighted by atomic mass is 79.9. The molecule has 1 aliphatic heterocycles. The monoisotopic (exact) mass is 418 g/mol. The van der Waals surface area contributed by atoms with Gasteiger partial charge in [0.2, 0.25) is 0 Å². The zero-order chi connectivity index (χ0) is 18.0. The van der Waals surface area contributed by atoms with Gasteiger partial charge >= 0.3 is 0 Å². The van der Waals surface area contributed by atoms with Crippen molar-refractivity contribution in [2.24, 2.45) is 0 Å². The lowest BCUT2D eigenvalue weighted by molar-refractivity contribution is -0.113. The summed E-state index contributed by atoms with van der Waals surface area (Å²) in [4.78, 5) is 14.2. The van der Waals surface area contributed by atoms with Crippen molar-refractivity contribution >= 4 is 50.9 Å². The summed E-state index contributed by atoms with van der Waals surface area (Å²) in [5, 5.41) is 3.31. The van der Waals surface area contributed by atoms with E-state index in [-0.39, 0.29) is 5.91 Å². The number of rotatable bonds is 4. The van der Waals surface area contributed by atoms with Gasteiger partial charge in [-0.1, -0.05) is 22.0 Å². The predicted molar refractivity (Wildman–Crippen MR) is 105 cm³/mol. The quantitative estimate of drug-likeness (QED) is 0.605. The highest BCUT2D eigenvalue weighted by Gasteiger charge is 2.31. The number of hydrogen-bond donors (Lipinski definition) is 1. The molecule has 1 N–H and O–H groups in total. The van der Waals surface area contributed by atoms with E-state index in [9.17, 15) is 4.79 Å². The third-order valence-corrected chi connectivity index (χ3v) is 4.49. The molecule has 3 rings (SSSR count). The third kappa shape index (κ3) is 3.52. The first-order chi connectivity index (χ1) is 12.0. The van der Waals surface area contributed by atoms with Crippen molar-refractivity contribution in [2.75, 3.05) is 19.1 Å². The van der Waals surface area contributed by atoms with E-state index >= 15 is 0 Å². The van der Waals surface area contributed by atoms with Gasteiger partial charge in [-0.2, -0.15) is 0 Å². The first-order valence-electron chi connectivity index (χ1n) is 7.38.